The SMILES string of the molecule is C=C(O)C(=O)OC=CC(=O)OCCC. The van der Waals surface area contributed by atoms with Gasteiger partial charge in [0, 0.05) is 0 Å². The summed E-state index contributed by atoms with van der Waals surface area (Å²) in [6.45, 7) is 5.10. The van der Waals surface area contributed by atoms with Gasteiger partial charge in [-0.2, -0.15) is 0 Å². The van der Waals surface area contributed by atoms with Gasteiger partial charge in [0.25, 0.3) is 0 Å². The molecule has 0 aromatic heterocycles. The molecule has 1 N–H and O–H groups in total. The van der Waals surface area contributed by atoms with Gasteiger partial charge in [0.05, 0.1) is 12.7 Å². The van der Waals surface area contributed by atoms with Crippen LogP contribution < -0.4 is 0 Å². The highest BCUT2D eigenvalue weighted by molar-refractivity contribution is 5.86. The zero-order chi connectivity index (χ0) is 11.0. The van der Waals surface area contributed by atoms with Gasteiger partial charge in [-0.1, -0.05) is 6.92 Å². The molecule has 0 aliphatic rings. The fourth-order valence-corrected chi connectivity index (χ4v) is 0.470. The molecule has 5 nitrogen and oxygen atoms in total. The van der Waals surface area contributed by atoms with E-state index < -0.39 is 17.7 Å². The number of ether oxygens (including phenoxy) is 2. The maximum Gasteiger partial charge on any atom is 0.377 e. The van der Waals surface area contributed by atoms with Crippen LogP contribution in [0.15, 0.2) is 24.7 Å². The monoisotopic (exact) mass is 200 g/mol. The molecule has 0 unspecified atom stereocenters. The van der Waals surface area contributed by atoms with Crippen molar-refractivity contribution >= 4 is 11.9 Å². The van der Waals surface area contributed by atoms with Crippen LogP contribution in [0.25, 0.3) is 0 Å². The van der Waals surface area contributed by atoms with Crippen LogP contribution in [-0.2, 0) is 19.1 Å². The third-order valence-electron chi connectivity index (χ3n) is 1.06. The zero-order valence-corrected chi connectivity index (χ0v) is 7.86. The summed E-state index contributed by atoms with van der Waals surface area (Å²) in [5.74, 6) is -2.34. The van der Waals surface area contributed by atoms with E-state index in [2.05, 4.69) is 16.1 Å². The third kappa shape index (κ3) is 5.82. The normalized spacial score (nSPS) is 9.79. The highest BCUT2D eigenvalue weighted by Crippen LogP contribution is 1.91. The summed E-state index contributed by atoms with van der Waals surface area (Å²) in [4.78, 5) is 21.3. The lowest BCUT2D eigenvalue weighted by molar-refractivity contribution is -0.138. The minimum atomic E-state index is -1.01. The van der Waals surface area contributed by atoms with Crippen molar-refractivity contribution in [1.82, 2.24) is 0 Å². The first-order valence-corrected chi connectivity index (χ1v) is 4.00. The quantitative estimate of drug-likeness (QED) is 0.408. The van der Waals surface area contributed by atoms with Crippen LogP contribution in [0.2, 0.25) is 0 Å². The van der Waals surface area contributed by atoms with Crippen molar-refractivity contribution in [2.24, 2.45) is 0 Å². The highest BCUT2D eigenvalue weighted by Gasteiger charge is 2.03. The van der Waals surface area contributed by atoms with Gasteiger partial charge in [0.2, 0.25) is 0 Å². The number of aliphatic hydroxyl groups excluding tert-OH is 1. The van der Waals surface area contributed by atoms with Crippen molar-refractivity contribution in [3.63, 3.8) is 0 Å². The minimum absolute atomic E-state index is 0.309. The summed E-state index contributed by atoms with van der Waals surface area (Å²) >= 11 is 0. The summed E-state index contributed by atoms with van der Waals surface area (Å²) in [6.07, 6.45) is 2.49. The Morgan fingerprint density at radius 3 is 2.64 bits per heavy atom. The molecule has 0 aliphatic carbocycles. The number of carbonyl (C=O) groups is 2. The first-order valence-electron chi connectivity index (χ1n) is 4.00. The molecule has 0 aliphatic heterocycles. The van der Waals surface area contributed by atoms with E-state index in [0.29, 0.717) is 13.0 Å². The zero-order valence-electron chi connectivity index (χ0n) is 7.86. The maximum absolute atomic E-state index is 10.8. The number of rotatable bonds is 5. The molecule has 0 rings (SSSR count). The third-order valence-corrected chi connectivity index (χ3v) is 1.06. The van der Waals surface area contributed by atoms with E-state index in [1.807, 2.05) is 6.92 Å². The smallest absolute Gasteiger partial charge is 0.377 e. The van der Waals surface area contributed by atoms with Gasteiger partial charge in [-0.05, 0) is 13.0 Å². The minimum Gasteiger partial charge on any atom is -0.502 e. The number of carbonyl (C=O) groups excluding carboxylic acids is 2. The molecule has 0 saturated heterocycles. The summed E-state index contributed by atoms with van der Waals surface area (Å²) in [7, 11) is 0. The van der Waals surface area contributed by atoms with Crippen LogP contribution in [0.5, 0.6) is 0 Å². The standard InChI is InChI=1S/C9H12O5/c1-3-5-13-8(11)4-6-14-9(12)7(2)10/h4,6,10H,2-3,5H2,1H3. The first kappa shape index (κ1) is 12.2. The second-order valence-corrected chi connectivity index (χ2v) is 2.32. The lowest BCUT2D eigenvalue weighted by atomic mass is 10.5. The van der Waals surface area contributed by atoms with Crippen molar-refractivity contribution in [3.8, 4) is 0 Å². The van der Waals surface area contributed by atoms with E-state index in [1.165, 1.54) is 0 Å². The Morgan fingerprint density at radius 2 is 2.14 bits per heavy atom. The van der Waals surface area contributed by atoms with Crippen LogP contribution in [0, 0.1) is 0 Å². The summed E-state index contributed by atoms with van der Waals surface area (Å²) in [5.41, 5.74) is 0. The summed E-state index contributed by atoms with van der Waals surface area (Å²) < 4.78 is 8.92. The van der Waals surface area contributed by atoms with Gasteiger partial charge < -0.3 is 14.6 Å². The molecule has 14 heavy (non-hydrogen) atoms. The Balaban J connectivity index is 3.77. The molecule has 0 bridgehead atoms. The lowest BCUT2D eigenvalue weighted by Crippen LogP contribution is -2.04. The van der Waals surface area contributed by atoms with E-state index in [-0.39, 0.29) is 0 Å². The van der Waals surface area contributed by atoms with E-state index in [0.717, 1.165) is 12.3 Å². The predicted molar refractivity (Wildman–Crippen MR) is 48.3 cm³/mol. The fourth-order valence-electron chi connectivity index (χ4n) is 0.470. The molecule has 0 spiro atoms. The van der Waals surface area contributed by atoms with Gasteiger partial charge in [-0.3, -0.25) is 0 Å². The van der Waals surface area contributed by atoms with Crippen molar-refractivity contribution in [2.45, 2.75) is 13.3 Å². The van der Waals surface area contributed by atoms with Crippen LogP contribution in [-0.4, -0.2) is 23.7 Å². The molecule has 5 heteroatoms. The van der Waals surface area contributed by atoms with Crippen molar-refractivity contribution in [2.75, 3.05) is 6.61 Å². The van der Waals surface area contributed by atoms with Crippen molar-refractivity contribution < 1.29 is 24.2 Å². The molecule has 0 radical (unpaired) electrons. The molecular weight excluding hydrogens is 188 g/mol. The fraction of sp³-hybridized carbons (Fsp3) is 0.333. The molecule has 0 amide bonds. The van der Waals surface area contributed by atoms with E-state index >= 15 is 0 Å². The molecular formula is C9H12O5. The van der Waals surface area contributed by atoms with Crippen LogP contribution in [0.1, 0.15) is 13.3 Å². The molecule has 0 fully saturated rings. The second-order valence-electron chi connectivity index (χ2n) is 2.32. The van der Waals surface area contributed by atoms with Crippen LogP contribution in [0.4, 0.5) is 0 Å². The number of hydrogen-bond acceptors (Lipinski definition) is 5. The van der Waals surface area contributed by atoms with E-state index in [1.54, 1.807) is 0 Å². The Labute approximate surface area is 81.6 Å². The topological polar surface area (TPSA) is 72.8 Å². The van der Waals surface area contributed by atoms with Gasteiger partial charge >= 0.3 is 11.9 Å². The summed E-state index contributed by atoms with van der Waals surface area (Å²) in [5, 5.41) is 8.51. The molecule has 0 saturated carbocycles. The van der Waals surface area contributed by atoms with Gasteiger partial charge in [-0.25, -0.2) is 9.59 Å². The molecule has 0 heterocycles. The average molecular weight is 200 g/mol. The first-order chi connectivity index (χ1) is 6.57. The molecule has 0 atom stereocenters. The molecule has 78 valence electrons. The van der Waals surface area contributed by atoms with Crippen molar-refractivity contribution in [3.05, 3.63) is 24.7 Å². The average Bonchev–Trinajstić information content (AvgIpc) is 2.14. The Morgan fingerprint density at radius 1 is 1.50 bits per heavy atom. The van der Waals surface area contributed by atoms with Crippen LogP contribution >= 0.6 is 0 Å². The van der Waals surface area contributed by atoms with Crippen LogP contribution in [0.3, 0.4) is 0 Å². The van der Waals surface area contributed by atoms with Gasteiger partial charge in [0.15, 0.2) is 5.76 Å². The van der Waals surface area contributed by atoms with Crippen molar-refractivity contribution in [1.29, 1.82) is 0 Å². The van der Waals surface area contributed by atoms with Gasteiger partial charge in [-0.15, -0.1) is 0 Å². The number of aliphatic hydroxyl groups is 1. The number of esters is 2. The lowest BCUT2D eigenvalue weighted by Gasteiger charge is -1.97. The Hall–Kier alpha value is -1.78. The largest absolute Gasteiger partial charge is 0.502 e. The number of hydrogen-bond donors (Lipinski definition) is 1. The Bertz CT molecular complexity index is 254. The summed E-state index contributed by atoms with van der Waals surface area (Å²) in [6, 6.07) is 0. The molecule has 0 aromatic rings. The Kier molecular flexibility index (Phi) is 5.85. The van der Waals surface area contributed by atoms with Gasteiger partial charge in [0.1, 0.15) is 6.26 Å². The second kappa shape index (κ2) is 6.71. The van der Waals surface area contributed by atoms with E-state index in [9.17, 15) is 9.59 Å². The van der Waals surface area contributed by atoms with E-state index in [4.69, 9.17) is 5.11 Å². The molecule has 0 aromatic carbocycles. The maximum atomic E-state index is 10.8. The highest BCUT2D eigenvalue weighted by atomic mass is 16.5. The predicted octanol–water partition coefficient (Wildman–Crippen LogP) is 1.07.